The first-order valence-corrected chi connectivity index (χ1v) is 9.03. The summed E-state index contributed by atoms with van der Waals surface area (Å²) >= 11 is 0. The Bertz CT molecular complexity index is 647. The lowest BCUT2D eigenvalue weighted by Gasteiger charge is -2.29. The number of aryl methyl sites for hydroxylation is 1. The molecule has 0 spiro atoms. The van der Waals surface area contributed by atoms with Gasteiger partial charge in [-0.1, -0.05) is 56.2 Å². The monoisotopic (exact) mass is 352 g/mol. The van der Waals surface area contributed by atoms with Crippen molar-refractivity contribution < 1.29 is 17.6 Å². The molecule has 0 unspecified atom stereocenters. The van der Waals surface area contributed by atoms with Crippen LogP contribution in [0.15, 0.2) is 48.1 Å². The molecule has 0 aliphatic heterocycles. The van der Waals surface area contributed by atoms with E-state index in [1.165, 1.54) is 31.2 Å². The second-order valence-corrected chi connectivity index (χ2v) is 7.45. The molecule has 0 nitrogen and oxygen atoms in total. The first-order chi connectivity index (χ1) is 11.8. The molecule has 2 aliphatic rings. The fraction of sp³-hybridized carbons (Fsp3) is 0.524. The first-order valence-electron chi connectivity index (χ1n) is 9.03. The van der Waals surface area contributed by atoms with Gasteiger partial charge in [-0.3, -0.25) is 0 Å². The highest BCUT2D eigenvalue weighted by molar-refractivity contribution is 5.33. The number of allylic oxidation sites excluding steroid dienone is 4. The van der Waals surface area contributed by atoms with Crippen LogP contribution in [-0.4, -0.2) is 11.8 Å². The summed E-state index contributed by atoms with van der Waals surface area (Å²) in [5.74, 6) is -6.81. The number of halogens is 4. The zero-order valence-electron chi connectivity index (χ0n) is 14.5. The average molecular weight is 352 g/mol. The van der Waals surface area contributed by atoms with E-state index in [4.69, 9.17) is 0 Å². The summed E-state index contributed by atoms with van der Waals surface area (Å²) < 4.78 is 54.4. The van der Waals surface area contributed by atoms with E-state index in [0.717, 1.165) is 23.6 Å². The molecule has 0 radical (unpaired) electrons. The summed E-state index contributed by atoms with van der Waals surface area (Å²) in [5, 5.41) is 0. The molecular weight excluding hydrogens is 328 g/mol. The van der Waals surface area contributed by atoms with Crippen molar-refractivity contribution in [3.63, 3.8) is 0 Å². The highest BCUT2D eigenvalue weighted by Crippen LogP contribution is 2.44. The summed E-state index contributed by atoms with van der Waals surface area (Å²) in [6.07, 6.45) is 7.59. The maximum absolute atomic E-state index is 13.8. The van der Waals surface area contributed by atoms with Gasteiger partial charge in [0.2, 0.25) is 0 Å². The summed E-state index contributed by atoms with van der Waals surface area (Å²) in [6, 6.07) is 8.03. The van der Waals surface area contributed by atoms with E-state index < -0.39 is 17.4 Å². The lowest BCUT2D eigenvalue weighted by Crippen LogP contribution is -2.42. The van der Waals surface area contributed by atoms with Gasteiger partial charge in [0.1, 0.15) is 0 Å². The molecule has 0 amide bonds. The minimum atomic E-state index is -4.10. The third-order valence-corrected chi connectivity index (χ3v) is 5.57. The van der Waals surface area contributed by atoms with E-state index in [1.54, 1.807) is 0 Å². The lowest BCUT2D eigenvalue weighted by molar-refractivity contribution is -0.157. The van der Waals surface area contributed by atoms with Crippen LogP contribution in [-0.2, 0) is 6.42 Å². The molecule has 1 aromatic rings. The van der Waals surface area contributed by atoms with Gasteiger partial charge in [-0.2, -0.15) is 17.6 Å². The summed E-state index contributed by atoms with van der Waals surface area (Å²) in [5.41, 5.74) is 1.71. The predicted octanol–water partition coefficient (Wildman–Crippen LogP) is 6.68. The molecular formula is C21H24F4. The summed E-state index contributed by atoms with van der Waals surface area (Å²) in [7, 11) is 0. The van der Waals surface area contributed by atoms with Crippen LogP contribution >= 0.6 is 0 Å². The fourth-order valence-corrected chi connectivity index (χ4v) is 3.78. The van der Waals surface area contributed by atoms with Crippen molar-refractivity contribution in [1.82, 2.24) is 0 Å². The van der Waals surface area contributed by atoms with E-state index in [2.05, 4.69) is 19.1 Å². The van der Waals surface area contributed by atoms with Crippen LogP contribution in [0.25, 0.3) is 0 Å². The molecule has 0 saturated heterocycles. The van der Waals surface area contributed by atoms with Crippen LogP contribution in [0.4, 0.5) is 17.6 Å². The van der Waals surface area contributed by atoms with Crippen molar-refractivity contribution in [2.75, 3.05) is 0 Å². The molecule has 136 valence electrons. The quantitative estimate of drug-likeness (QED) is 0.530. The van der Waals surface area contributed by atoms with Crippen molar-refractivity contribution in [3.05, 3.63) is 59.2 Å². The molecule has 0 bridgehead atoms. The summed E-state index contributed by atoms with van der Waals surface area (Å²) in [4.78, 5) is 0. The predicted molar refractivity (Wildman–Crippen MR) is 92.3 cm³/mol. The molecule has 1 saturated carbocycles. The second kappa shape index (κ2) is 6.97. The van der Waals surface area contributed by atoms with Gasteiger partial charge in [-0.15, -0.1) is 0 Å². The molecule has 1 fully saturated rings. The summed E-state index contributed by atoms with van der Waals surface area (Å²) in [6.45, 7) is 2.29. The molecule has 3 rings (SSSR count). The molecule has 0 N–H and O–H groups in total. The molecule has 25 heavy (non-hydrogen) atoms. The average Bonchev–Trinajstić information content (AvgIpc) is 2.58. The van der Waals surface area contributed by atoms with Gasteiger partial charge in [-0.25, -0.2) is 0 Å². The minimum absolute atomic E-state index is 0.0623. The molecule has 0 heterocycles. The normalized spacial score (nSPS) is 27.8. The van der Waals surface area contributed by atoms with Gasteiger partial charge >= 0.3 is 11.8 Å². The van der Waals surface area contributed by atoms with Gasteiger partial charge in [0.25, 0.3) is 0 Å². The molecule has 2 aliphatic carbocycles. The Balaban J connectivity index is 1.61. The van der Waals surface area contributed by atoms with Crippen LogP contribution in [0, 0.1) is 5.92 Å². The van der Waals surface area contributed by atoms with E-state index in [9.17, 15) is 17.6 Å². The maximum atomic E-state index is 13.8. The van der Waals surface area contributed by atoms with Crippen LogP contribution in [0.1, 0.15) is 56.1 Å². The smallest absolute Gasteiger partial charge is 0.195 e. The van der Waals surface area contributed by atoms with Crippen molar-refractivity contribution in [3.8, 4) is 0 Å². The molecule has 1 aromatic carbocycles. The number of benzene rings is 1. The number of alkyl halides is 4. The zero-order chi connectivity index (χ0) is 18.1. The molecule has 4 heteroatoms. The van der Waals surface area contributed by atoms with Gasteiger partial charge < -0.3 is 0 Å². The number of rotatable bonds is 4. The maximum Gasteiger partial charge on any atom is 0.335 e. The van der Waals surface area contributed by atoms with Crippen LogP contribution in [0.5, 0.6) is 0 Å². The van der Waals surface area contributed by atoms with Gasteiger partial charge in [0, 0.05) is 5.57 Å². The Labute approximate surface area is 146 Å². The standard InChI is InChI=1S/C21H24F4/c1-15-4-9-17(10-5-15)18-11-6-16(7-12-18)8-13-19-3-2-14-20(22,23)21(19,24)25/h2-3,6-7,11-12,14-15,17H,4-5,8-10,13H2,1H3. The zero-order valence-corrected chi connectivity index (χ0v) is 14.5. The molecule has 0 aromatic heterocycles. The van der Waals surface area contributed by atoms with Gasteiger partial charge in [-0.05, 0) is 54.7 Å². The lowest BCUT2D eigenvalue weighted by atomic mass is 9.79. The Morgan fingerprint density at radius 3 is 2.20 bits per heavy atom. The van der Waals surface area contributed by atoms with Crippen molar-refractivity contribution in [2.24, 2.45) is 5.92 Å². The number of hydrogen-bond acceptors (Lipinski definition) is 0. The SMILES string of the molecule is CC1CCC(c2ccc(CCC3=CC=CC(F)(F)C3(F)F)cc2)CC1. The third-order valence-electron chi connectivity index (χ3n) is 5.57. The second-order valence-electron chi connectivity index (χ2n) is 7.45. The fourth-order valence-electron chi connectivity index (χ4n) is 3.78. The Hall–Kier alpha value is -1.58. The van der Waals surface area contributed by atoms with Crippen molar-refractivity contribution in [2.45, 2.75) is 63.2 Å². The van der Waals surface area contributed by atoms with Crippen LogP contribution < -0.4 is 0 Å². The van der Waals surface area contributed by atoms with Crippen LogP contribution in [0.3, 0.4) is 0 Å². The minimum Gasteiger partial charge on any atom is -0.195 e. The number of hydrogen-bond donors (Lipinski definition) is 0. The van der Waals surface area contributed by atoms with Crippen LogP contribution in [0.2, 0.25) is 0 Å². The van der Waals surface area contributed by atoms with E-state index in [-0.39, 0.29) is 12.5 Å². The van der Waals surface area contributed by atoms with Gasteiger partial charge in [0.15, 0.2) is 0 Å². The van der Waals surface area contributed by atoms with Gasteiger partial charge in [0.05, 0.1) is 0 Å². The highest BCUT2D eigenvalue weighted by atomic mass is 19.3. The Morgan fingerprint density at radius 2 is 1.56 bits per heavy atom. The highest BCUT2D eigenvalue weighted by Gasteiger charge is 2.57. The van der Waals surface area contributed by atoms with E-state index in [1.807, 2.05) is 12.1 Å². The largest absolute Gasteiger partial charge is 0.335 e. The third kappa shape index (κ3) is 3.83. The topological polar surface area (TPSA) is 0 Å². The van der Waals surface area contributed by atoms with E-state index in [0.29, 0.717) is 12.3 Å². The Kier molecular flexibility index (Phi) is 5.08. The Morgan fingerprint density at radius 1 is 0.920 bits per heavy atom. The molecule has 0 atom stereocenters. The first kappa shape index (κ1) is 18.2. The van der Waals surface area contributed by atoms with Crippen molar-refractivity contribution in [1.29, 1.82) is 0 Å². The van der Waals surface area contributed by atoms with Crippen molar-refractivity contribution >= 4 is 0 Å². The van der Waals surface area contributed by atoms with E-state index >= 15 is 0 Å².